The first kappa shape index (κ1) is 13.0. The molecule has 15 heavy (non-hydrogen) atoms. The van der Waals surface area contributed by atoms with Gasteiger partial charge < -0.3 is 4.90 Å². The Bertz CT molecular complexity index is 166. The molecule has 0 bridgehead atoms. The van der Waals surface area contributed by atoms with Gasteiger partial charge in [0.1, 0.15) is 0 Å². The molecule has 1 saturated heterocycles. The van der Waals surface area contributed by atoms with Gasteiger partial charge in [0.2, 0.25) is 0 Å². The van der Waals surface area contributed by atoms with Crippen LogP contribution in [0.1, 0.15) is 59.8 Å². The van der Waals surface area contributed by atoms with E-state index >= 15 is 0 Å². The Kier molecular flexibility index (Phi) is 5.11. The number of likely N-dealkylation sites (tertiary alicyclic amines) is 1. The third kappa shape index (κ3) is 5.55. The van der Waals surface area contributed by atoms with Gasteiger partial charge in [0.25, 0.3) is 0 Å². The summed E-state index contributed by atoms with van der Waals surface area (Å²) in [5.41, 5.74) is 0.548. The summed E-state index contributed by atoms with van der Waals surface area (Å²) < 4.78 is 0. The Morgan fingerprint density at radius 2 is 1.67 bits per heavy atom. The van der Waals surface area contributed by atoms with Crippen LogP contribution in [0, 0.1) is 11.3 Å². The van der Waals surface area contributed by atoms with Crippen molar-refractivity contribution in [2.75, 3.05) is 19.6 Å². The summed E-state index contributed by atoms with van der Waals surface area (Å²) in [5, 5.41) is 0. The molecule has 1 aliphatic rings. The maximum atomic E-state index is 2.64. The van der Waals surface area contributed by atoms with Crippen molar-refractivity contribution in [1.29, 1.82) is 0 Å². The zero-order valence-electron chi connectivity index (χ0n) is 11.2. The van der Waals surface area contributed by atoms with Gasteiger partial charge >= 0.3 is 0 Å². The highest BCUT2D eigenvalue weighted by molar-refractivity contribution is 4.74. The Balaban J connectivity index is 2.16. The van der Waals surface area contributed by atoms with Crippen molar-refractivity contribution in [3.63, 3.8) is 0 Å². The van der Waals surface area contributed by atoms with Gasteiger partial charge in [-0.1, -0.05) is 34.1 Å². The van der Waals surface area contributed by atoms with E-state index in [0.29, 0.717) is 5.41 Å². The molecule has 0 unspecified atom stereocenters. The van der Waals surface area contributed by atoms with Crippen LogP contribution < -0.4 is 0 Å². The molecule has 1 heteroatoms. The van der Waals surface area contributed by atoms with E-state index in [2.05, 4.69) is 32.6 Å². The van der Waals surface area contributed by atoms with Gasteiger partial charge in [0, 0.05) is 0 Å². The molecule has 1 rings (SSSR count). The molecule has 0 saturated carbocycles. The van der Waals surface area contributed by atoms with Gasteiger partial charge in [-0.15, -0.1) is 0 Å². The summed E-state index contributed by atoms with van der Waals surface area (Å²) in [5.74, 6) is 0.857. The van der Waals surface area contributed by atoms with Crippen molar-refractivity contribution in [3.05, 3.63) is 0 Å². The van der Waals surface area contributed by atoms with Gasteiger partial charge in [-0.2, -0.15) is 0 Å². The third-order valence-electron chi connectivity index (χ3n) is 3.70. The first-order valence-electron chi connectivity index (χ1n) is 6.72. The van der Waals surface area contributed by atoms with Gasteiger partial charge in [-0.05, 0) is 56.7 Å². The van der Waals surface area contributed by atoms with Crippen LogP contribution in [0.3, 0.4) is 0 Å². The Morgan fingerprint density at radius 1 is 1.07 bits per heavy atom. The van der Waals surface area contributed by atoms with Crippen molar-refractivity contribution >= 4 is 0 Å². The van der Waals surface area contributed by atoms with Gasteiger partial charge in [-0.3, -0.25) is 0 Å². The summed E-state index contributed by atoms with van der Waals surface area (Å²) in [7, 11) is 0. The van der Waals surface area contributed by atoms with E-state index in [-0.39, 0.29) is 0 Å². The van der Waals surface area contributed by atoms with E-state index in [1.807, 2.05) is 0 Å². The third-order valence-corrected chi connectivity index (χ3v) is 3.70. The lowest BCUT2D eigenvalue weighted by molar-refractivity contribution is 0.225. The molecule has 1 aliphatic heterocycles. The van der Waals surface area contributed by atoms with Gasteiger partial charge in [-0.25, -0.2) is 0 Å². The predicted octanol–water partition coefficient (Wildman–Crippen LogP) is 3.93. The van der Waals surface area contributed by atoms with Crippen molar-refractivity contribution in [2.45, 2.75) is 59.8 Å². The lowest BCUT2D eigenvalue weighted by Crippen LogP contribution is -2.25. The van der Waals surface area contributed by atoms with Crippen LogP contribution in [0.25, 0.3) is 0 Å². The fraction of sp³-hybridized carbons (Fsp3) is 1.00. The monoisotopic (exact) mass is 211 g/mol. The molecule has 0 aromatic heterocycles. The zero-order chi connectivity index (χ0) is 11.3. The molecule has 0 atom stereocenters. The summed E-state index contributed by atoms with van der Waals surface area (Å²) in [6.45, 7) is 13.6. The minimum absolute atomic E-state index is 0.548. The SMILES string of the molecule is CC(C)CCC(C)(C)CCN1CCCC1. The van der Waals surface area contributed by atoms with E-state index in [0.717, 1.165) is 5.92 Å². The highest BCUT2D eigenvalue weighted by Gasteiger charge is 2.20. The summed E-state index contributed by atoms with van der Waals surface area (Å²) in [4.78, 5) is 2.64. The first-order valence-corrected chi connectivity index (χ1v) is 6.72. The van der Waals surface area contributed by atoms with Crippen molar-refractivity contribution in [1.82, 2.24) is 4.90 Å². The zero-order valence-corrected chi connectivity index (χ0v) is 11.2. The Hall–Kier alpha value is -0.0400. The number of rotatable bonds is 6. The van der Waals surface area contributed by atoms with E-state index in [9.17, 15) is 0 Å². The predicted molar refractivity (Wildman–Crippen MR) is 68.1 cm³/mol. The molecule has 1 fully saturated rings. The van der Waals surface area contributed by atoms with Crippen LogP contribution in [0.2, 0.25) is 0 Å². The van der Waals surface area contributed by atoms with Crippen molar-refractivity contribution < 1.29 is 0 Å². The van der Waals surface area contributed by atoms with E-state index in [4.69, 9.17) is 0 Å². The second-order valence-electron chi connectivity index (χ2n) is 6.40. The minimum Gasteiger partial charge on any atom is -0.303 e. The standard InChI is InChI=1S/C14H29N/c1-13(2)7-8-14(3,4)9-12-15-10-5-6-11-15/h13H,5-12H2,1-4H3. The molecule has 0 amide bonds. The normalized spacial score (nSPS) is 19.0. The molecule has 0 N–H and O–H groups in total. The van der Waals surface area contributed by atoms with Crippen LogP contribution >= 0.6 is 0 Å². The summed E-state index contributed by atoms with van der Waals surface area (Å²) >= 11 is 0. The topological polar surface area (TPSA) is 3.24 Å². The van der Waals surface area contributed by atoms with Crippen molar-refractivity contribution in [2.24, 2.45) is 11.3 Å². The first-order chi connectivity index (χ1) is 6.99. The van der Waals surface area contributed by atoms with Crippen molar-refractivity contribution in [3.8, 4) is 0 Å². The maximum absolute atomic E-state index is 2.64. The number of hydrogen-bond donors (Lipinski definition) is 0. The lowest BCUT2D eigenvalue weighted by atomic mass is 9.82. The number of nitrogens with zero attached hydrogens (tertiary/aromatic N) is 1. The molecule has 1 nitrogen and oxygen atoms in total. The van der Waals surface area contributed by atoms with Crippen LogP contribution in [0.4, 0.5) is 0 Å². The molecule has 0 aliphatic carbocycles. The molecule has 0 aromatic carbocycles. The lowest BCUT2D eigenvalue weighted by Gasteiger charge is -2.28. The quantitative estimate of drug-likeness (QED) is 0.643. The molecule has 90 valence electrons. The Labute approximate surface area is 96.2 Å². The Morgan fingerprint density at radius 3 is 2.20 bits per heavy atom. The van der Waals surface area contributed by atoms with Crippen LogP contribution in [-0.2, 0) is 0 Å². The molecule has 0 spiro atoms. The van der Waals surface area contributed by atoms with E-state index < -0.39 is 0 Å². The minimum atomic E-state index is 0.548. The van der Waals surface area contributed by atoms with Crippen LogP contribution in [0.5, 0.6) is 0 Å². The second-order valence-corrected chi connectivity index (χ2v) is 6.40. The molecule has 0 radical (unpaired) electrons. The average molecular weight is 211 g/mol. The van der Waals surface area contributed by atoms with Gasteiger partial charge in [0.05, 0.1) is 0 Å². The highest BCUT2D eigenvalue weighted by atomic mass is 15.1. The molecule has 1 heterocycles. The van der Waals surface area contributed by atoms with E-state index in [1.165, 1.54) is 51.7 Å². The molecular weight excluding hydrogens is 182 g/mol. The van der Waals surface area contributed by atoms with Crippen LogP contribution in [-0.4, -0.2) is 24.5 Å². The fourth-order valence-electron chi connectivity index (χ4n) is 2.27. The van der Waals surface area contributed by atoms with E-state index in [1.54, 1.807) is 0 Å². The average Bonchev–Trinajstić information content (AvgIpc) is 2.65. The summed E-state index contributed by atoms with van der Waals surface area (Å²) in [6.07, 6.45) is 6.99. The molecule has 0 aromatic rings. The summed E-state index contributed by atoms with van der Waals surface area (Å²) in [6, 6.07) is 0. The smallest absolute Gasteiger partial charge is 0.00136 e. The fourth-order valence-corrected chi connectivity index (χ4v) is 2.27. The second kappa shape index (κ2) is 5.89. The van der Waals surface area contributed by atoms with Crippen LogP contribution in [0.15, 0.2) is 0 Å². The highest BCUT2D eigenvalue weighted by Crippen LogP contribution is 2.29. The number of hydrogen-bond acceptors (Lipinski definition) is 1. The molecular formula is C14H29N. The maximum Gasteiger partial charge on any atom is -0.00136 e. The van der Waals surface area contributed by atoms with Gasteiger partial charge in [0.15, 0.2) is 0 Å². The largest absolute Gasteiger partial charge is 0.303 e.